The molecule has 5 nitrogen and oxygen atoms in total. The number of benzene rings is 1. The van der Waals surface area contributed by atoms with Crippen molar-refractivity contribution in [1.82, 2.24) is 4.90 Å². The number of amides is 3. The zero-order valence-corrected chi connectivity index (χ0v) is 15.5. The molecule has 150 valence electrons. The summed E-state index contributed by atoms with van der Waals surface area (Å²) >= 11 is 5.87. The van der Waals surface area contributed by atoms with Crippen molar-refractivity contribution in [3.05, 3.63) is 28.8 Å². The number of hydrogen-bond donors (Lipinski definition) is 1. The number of halogens is 4. The third kappa shape index (κ3) is 3.17. The second-order valence-corrected chi connectivity index (χ2v) is 8.11. The van der Waals surface area contributed by atoms with Gasteiger partial charge in [0, 0.05) is 13.0 Å². The summed E-state index contributed by atoms with van der Waals surface area (Å²) in [6.45, 7) is -0.0769. The maximum absolute atomic E-state index is 12.8. The Labute approximate surface area is 164 Å². The van der Waals surface area contributed by atoms with E-state index >= 15 is 0 Å². The third-order valence-corrected chi connectivity index (χ3v) is 6.48. The van der Waals surface area contributed by atoms with Gasteiger partial charge in [0.05, 0.1) is 28.1 Å². The van der Waals surface area contributed by atoms with E-state index in [0.29, 0.717) is 0 Å². The molecule has 3 fully saturated rings. The number of anilines is 1. The largest absolute Gasteiger partial charge is 0.416 e. The smallest absolute Gasteiger partial charge is 0.325 e. The summed E-state index contributed by atoms with van der Waals surface area (Å²) in [5.41, 5.74) is -1.09. The number of fused-ring (bicyclic) bond motifs is 5. The fraction of sp³-hybridized carbons (Fsp3) is 0.526. The summed E-state index contributed by atoms with van der Waals surface area (Å²) in [4.78, 5) is 38.5. The van der Waals surface area contributed by atoms with E-state index in [0.717, 1.165) is 42.4 Å². The molecule has 1 aliphatic heterocycles. The van der Waals surface area contributed by atoms with Crippen molar-refractivity contribution < 1.29 is 27.6 Å². The number of nitrogens with zero attached hydrogens (tertiary/aromatic N) is 1. The Hall–Kier alpha value is -2.09. The van der Waals surface area contributed by atoms with Crippen molar-refractivity contribution in [3.63, 3.8) is 0 Å². The number of rotatable bonds is 4. The first-order chi connectivity index (χ1) is 13.2. The van der Waals surface area contributed by atoms with Gasteiger partial charge in [0.25, 0.3) is 0 Å². The van der Waals surface area contributed by atoms with Crippen LogP contribution in [-0.4, -0.2) is 29.2 Å². The van der Waals surface area contributed by atoms with Gasteiger partial charge in [-0.2, -0.15) is 13.2 Å². The molecule has 0 radical (unpaired) electrons. The van der Waals surface area contributed by atoms with E-state index in [9.17, 15) is 27.6 Å². The number of nitrogens with one attached hydrogen (secondary N) is 1. The molecule has 1 heterocycles. The van der Waals surface area contributed by atoms with Gasteiger partial charge in [-0.25, -0.2) is 0 Å². The topological polar surface area (TPSA) is 66.5 Å². The maximum atomic E-state index is 12.8. The molecule has 1 N–H and O–H groups in total. The Morgan fingerprint density at radius 3 is 2.32 bits per heavy atom. The lowest BCUT2D eigenvalue weighted by Gasteiger charge is -2.19. The van der Waals surface area contributed by atoms with E-state index in [1.807, 2.05) is 0 Å². The average molecular weight is 415 g/mol. The quantitative estimate of drug-likeness (QED) is 0.764. The second kappa shape index (κ2) is 6.76. The van der Waals surface area contributed by atoms with Gasteiger partial charge in [0.2, 0.25) is 17.7 Å². The Balaban J connectivity index is 1.39. The molecule has 2 aliphatic carbocycles. The molecular formula is C19H18ClF3N2O3. The maximum Gasteiger partial charge on any atom is 0.416 e. The van der Waals surface area contributed by atoms with Crippen LogP contribution >= 0.6 is 11.6 Å². The monoisotopic (exact) mass is 414 g/mol. The number of imide groups is 1. The molecule has 9 heteroatoms. The first kappa shape index (κ1) is 19.2. The van der Waals surface area contributed by atoms with Crippen LogP contribution in [0.1, 0.15) is 31.2 Å². The van der Waals surface area contributed by atoms with Crippen LogP contribution in [0.15, 0.2) is 18.2 Å². The minimum atomic E-state index is -4.56. The van der Waals surface area contributed by atoms with Crippen molar-refractivity contribution in [1.29, 1.82) is 0 Å². The Morgan fingerprint density at radius 2 is 1.75 bits per heavy atom. The molecule has 0 spiro atoms. The summed E-state index contributed by atoms with van der Waals surface area (Å²) in [5, 5.41) is 2.31. The SMILES string of the molecule is O=C(CCN1C(=O)[C@@H]2[C@@H]3CC[C@@H](C3)[C@@H]2C1=O)Nc1cc(C(F)(F)F)ccc1Cl. The molecule has 0 unspecified atom stereocenters. The lowest BCUT2D eigenvalue weighted by molar-refractivity contribution is -0.141. The van der Waals surface area contributed by atoms with Crippen LogP contribution in [0.5, 0.6) is 0 Å². The predicted octanol–water partition coefficient (Wildman–Crippen LogP) is 3.72. The van der Waals surface area contributed by atoms with Gasteiger partial charge >= 0.3 is 6.18 Å². The predicted molar refractivity (Wildman–Crippen MR) is 94.2 cm³/mol. The van der Waals surface area contributed by atoms with E-state index in [1.54, 1.807) is 0 Å². The number of likely N-dealkylation sites (tertiary alicyclic amines) is 1. The highest BCUT2D eigenvalue weighted by Crippen LogP contribution is 2.56. The average Bonchev–Trinajstić information content (AvgIpc) is 3.29. The van der Waals surface area contributed by atoms with Crippen molar-refractivity contribution >= 4 is 35.0 Å². The second-order valence-electron chi connectivity index (χ2n) is 7.70. The molecular weight excluding hydrogens is 397 g/mol. The van der Waals surface area contributed by atoms with E-state index in [4.69, 9.17) is 11.6 Å². The zero-order valence-electron chi connectivity index (χ0n) is 14.8. The van der Waals surface area contributed by atoms with Gasteiger partial charge < -0.3 is 5.32 Å². The third-order valence-electron chi connectivity index (χ3n) is 6.15. The minimum absolute atomic E-state index is 0.0271. The first-order valence-corrected chi connectivity index (χ1v) is 9.56. The highest BCUT2D eigenvalue weighted by molar-refractivity contribution is 6.33. The number of carbonyl (C=O) groups is 3. The summed E-state index contributed by atoms with van der Waals surface area (Å²) in [5.74, 6) is -1.04. The number of hydrogen-bond acceptors (Lipinski definition) is 3. The van der Waals surface area contributed by atoms with Crippen LogP contribution in [0, 0.1) is 23.7 Å². The molecule has 28 heavy (non-hydrogen) atoms. The van der Waals surface area contributed by atoms with Gasteiger partial charge in [-0.15, -0.1) is 0 Å². The molecule has 3 aliphatic rings. The molecule has 0 aromatic heterocycles. The molecule has 4 atom stereocenters. The molecule has 1 aromatic rings. The van der Waals surface area contributed by atoms with Crippen LogP contribution in [0.2, 0.25) is 5.02 Å². The van der Waals surface area contributed by atoms with Crippen LogP contribution in [0.25, 0.3) is 0 Å². The van der Waals surface area contributed by atoms with E-state index in [1.165, 1.54) is 0 Å². The highest BCUT2D eigenvalue weighted by atomic mass is 35.5. The van der Waals surface area contributed by atoms with Gasteiger partial charge in [-0.05, 0) is 49.3 Å². The Bertz CT molecular complexity index is 829. The molecule has 1 saturated heterocycles. The van der Waals surface area contributed by atoms with Crippen LogP contribution < -0.4 is 5.32 Å². The molecule has 3 amide bonds. The fourth-order valence-electron chi connectivity index (χ4n) is 4.91. The fourth-order valence-corrected chi connectivity index (χ4v) is 5.08. The number of carbonyl (C=O) groups excluding carboxylic acids is 3. The molecule has 2 saturated carbocycles. The van der Waals surface area contributed by atoms with Crippen molar-refractivity contribution in [2.75, 3.05) is 11.9 Å². The van der Waals surface area contributed by atoms with E-state index < -0.39 is 17.6 Å². The van der Waals surface area contributed by atoms with Gasteiger partial charge in [-0.3, -0.25) is 19.3 Å². The summed E-state index contributed by atoms with van der Waals surface area (Å²) < 4.78 is 38.5. The molecule has 1 aromatic carbocycles. The molecule has 4 rings (SSSR count). The Morgan fingerprint density at radius 1 is 1.14 bits per heavy atom. The zero-order chi connectivity index (χ0) is 20.2. The standard InChI is InChI=1S/C19H18ClF3N2O3/c20-12-4-3-11(19(21,22)23)8-13(12)24-14(26)5-6-25-17(27)15-9-1-2-10(7-9)16(15)18(25)28/h3-4,8-10,15-16H,1-2,5-7H2,(H,24,26)/t9-,10+,15-,16+. The minimum Gasteiger partial charge on any atom is -0.325 e. The first-order valence-electron chi connectivity index (χ1n) is 9.18. The van der Waals surface area contributed by atoms with Crippen molar-refractivity contribution in [2.24, 2.45) is 23.7 Å². The summed E-state index contributed by atoms with van der Waals surface area (Å²) in [6.07, 6.45) is -1.90. The Kier molecular flexibility index (Phi) is 4.64. The van der Waals surface area contributed by atoms with Crippen LogP contribution in [-0.2, 0) is 20.6 Å². The van der Waals surface area contributed by atoms with Crippen molar-refractivity contribution in [3.8, 4) is 0 Å². The van der Waals surface area contributed by atoms with Crippen LogP contribution in [0.3, 0.4) is 0 Å². The number of alkyl halides is 3. The van der Waals surface area contributed by atoms with Gasteiger partial charge in [-0.1, -0.05) is 11.6 Å². The van der Waals surface area contributed by atoms with E-state index in [2.05, 4.69) is 5.32 Å². The van der Waals surface area contributed by atoms with E-state index in [-0.39, 0.29) is 59.2 Å². The lowest BCUT2D eigenvalue weighted by atomic mass is 9.81. The highest BCUT2D eigenvalue weighted by Gasteiger charge is 2.60. The lowest BCUT2D eigenvalue weighted by Crippen LogP contribution is -2.35. The molecule has 2 bridgehead atoms. The summed E-state index contributed by atoms with van der Waals surface area (Å²) in [7, 11) is 0. The van der Waals surface area contributed by atoms with Crippen LogP contribution in [0.4, 0.5) is 18.9 Å². The summed E-state index contributed by atoms with van der Waals surface area (Å²) in [6, 6.07) is 2.64. The normalized spacial score (nSPS) is 28.8. The van der Waals surface area contributed by atoms with Crippen molar-refractivity contribution in [2.45, 2.75) is 31.9 Å². The van der Waals surface area contributed by atoms with Gasteiger partial charge in [0.1, 0.15) is 0 Å². The van der Waals surface area contributed by atoms with Gasteiger partial charge in [0.15, 0.2) is 0 Å².